The molecule has 1 amide bonds. The van der Waals surface area contributed by atoms with Crippen LogP contribution in [0.5, 0.6) is 0 Å². The maximum absolute atomic E-state index is 11.9. The monoisotopic (exact) mass is 319 g/mol. The Morgan fingerprint density at radius 3 is 2.26 bits per heavy atom. The lowest BCUT2D eigenvalue weighted by Gasteiger charge is -2.13. The number of carbonyl (C=O) groups excluding carboxylic acids is 3. The molecule has 0 saturated carbocycles. The second-order valence-corrected chi connectivity index (χ2v) is 5.19. The molecule has 1 N–H and O–H groups in total. The Morgan fingerprint density at radius 1 is 1.04 bits per heavy atom. The van der Waals surface area contributed by atoms with E-state index in [0.717, 1.165) is 12.2 Å². The molecule has 0 spiro atoms. The molecule has 6 heteroatoms. The average molecular weight is 319 g/mol. The molecule has 0 heterocycles. The third-order valence-electron chi connectivity index (χ3n) is 2.60. The zero-order valence-electron chi connectivity index (χ0n) is 13.4. The molecule has 1 aromatic carbocycles. The van der Waals surface area contributed by atoms with Crippen LogP contribution in [0.15, 0.2) is 42.5 Å². The molecule has 0 aromatic heterocycles. The van der Waals surface area contributed by atoms with Crippen molar-refractivity contribution in [3.05, 3.63) is 48.0 Å². The van der Waals surface area contributed by atoms with Gasteiger partial charge < -0.3 is 14.8 Å². The second kappa shape index (κ2) is 9.40. The SMILES string of the molecule is CC(C)OC(=O)/C=C/C(=O)OC[C@@H](C)NC(=O)c1ccccc1. The summed E-state index contributed by atoms with van der Waals surface area (Å²) < 4.78 is 9.79. The van der Waals surface area contributed by atoms with Gasteiger partial charge >= 0.3 is 11.9 Å². The first-order valence-electron chi connectivity index (χ1n) is 7.30. The zero-order valence-corrected chi connectivity index (χ0v) is 13.4. The van der Waals surface area contributed by atoms with Crippen molar-refractivity contribution in [1.29, 1.82) is 0 Å². The van der Waals surface area contributed by atoms with Crippen molar-refractivity contribution in [3.8, 4) is 0 Å². The molecule has 0 radical (unpaired) electrons. The Labute approximate surface area is 135 Å². The number of ether oxygens (including phenoxy) is 2. The van der Waals surface area contributed by atoms with Crippen molar-refractivity contribution in [2.75, 3.05) is 6.61 Å². The number of hydrogen-bond donors (Lipinski definition) is 1. The highest BCUT2D eigenvalue weighted by atomic mass is 16.5. The summed E-state index contributed by atoms with van der Waals surface area (Å²) in [7, 11) is 0. The molecule has 6 nitrogen and oxygen atoms in total. The van der Waals surface area contributed by atoms with Crippen molar-refractivity contribution in [3.63, 3.8) is 0 Å². The van der Waals surface area contributed by atoms with Gasteiger partial charge in [-0.2, -0.15) is 0 Å². The van der Waals surface area contributed by atoms with Crippen molar-refractivity contribution in [2.24, 2.45) is 0 Å². The van der Waals surface area contributed by atoms with Crippen LogP contribution >= 0.6 is 0 Å². The van der Waals surface area contributed by atoms with E-state index in [1.165, 1.54) is 0 Å². The van der Waals surface area contributed by atoms with Gasteiger partial charge in [0.1, 0.15) is 6.61 Å². The zero-order chi connectivity index (χ0) is 17.2. The summed E-state index contributed by atoms with van der Waals surface area (Å²) in [5.41, 5.74) is 0.530. The van der Waals surface area contributed by atoms with E-state index in [0.29, 0.717) is 5.56 Å². The molecular formula is C17H21NO5. The highest BCUT2D eigenvalue weighted by molar-refractivity contribution is 5.94. The Morgan fingerprint density at radius 2 is 1.65 bits per heavy atom. The second-order valence-electron chi connectivity index (χ2n) is 5.19. The average Bonchev–Trinajstić information content (AvgIpc) is 2.51. The van der Waals surface area contributed by atoms with Crippen LogP contribution in [0.2, 0.25) is 0 Å². The molecule has 0 aliphatic heterocycles. The molecule has 0 fully saturated rings. The molecule has 0 saturated heterocycles. The van der Waals surface area contributed by atoms with Gasteiger partial charge in [0, 0.05) is 17.7 Å². The van der Waals surface area contributed by atoms with Crippen LogP contribution in [-0.4, -0.2) is 36.6 Å². The van der Waals surface area contributed by atoms with Gasteiger partial charge in [-0.25, -0.2) is 9.59 Å². The van der Waals surface area contributed by atoms with Crippen molar-refractivity contribution in [2.45, 2.75) is 32.9 Å². The normalized spacial score (nSPS) is 12.0. The maximum Gasteiger partial charge on any atom is 0.331 e. The number of rotatable bonds is 7. The van der Waals surface area contributed by atoms with Gasteiger partial charge in [0.05, 0.1) is 12.1 Å². The topological polar surface area (TPSA) is 81.7 Å². The van der Waals surface area contributed by atoms with Gasteiger partial charge in [-0.1, -0.05) is 18.2 Å². The van der Waals surface area contributed by atoms with Gasteiger partial charge in [0.25, 0.3) is 5.91 Å². The quantitative estimate of drug-likeness (QED) is 0.613. The van der Waals surface area contributed by atoms with Crippen molar-refractivity contribution < 1.29 is 23.9 Å². The van der Waals surface area contributed by atoms with Crippen LogP contribution < -0.4 is 5.32 Å². The molecule has 0 bridgehead atoms. The smallest absolute Gasteiger partial charge is 0.331 e. The minimum absolute atomic E-state index is 0.000967. The van der Waals surface area contributed by atoms with E-state index in [-0.39, 0.29) is 24.7 Å². The van der Waals surface area contributed by atoms with Crippen molar-refractivity contribution in [1.82, 2.24) is 5.32 Å². The Balaban J connectivity index is 2.34. The molecular weight excluding hydrogens is 298 g/mol. The van der Waals surface area contributed by atoms with Crippen LogP contribution in [0.4, 0.5) is 0 Å². The molecule has 0 aliphatic rings. The number of carbonyl (C=O) groups is 3. The summed E-state index contributed by atoms with van der Waals surface area (Å²) in [5, 5.41) is 2.71. The number of nitrogens with one attached hydrogen (secondary N) is 1. The Bertz CT molecular complexity index is 566. The molecule has 1 rings (SSSR count). The van der Waals surface area contributed by atoms with Gasteiger partial charge in [-0.15, -0.1) is 0 Å². The summed E-state index contributed by atoms with van der Waals surface area (Å²) >= 11 is 0. The minimum atomic E-state index is -0.675. The van der Waals surface area contributed by atoms with E-state index in [9.17, 15) is 14.4 Å². The molecule has 1 atom stereocenters. The number of amides is 1. The first-order chi connectivity index (χ1) is 10.9. The summed E-state index contributed by atoms with van der Waals surface area (Å²) in [5.74, 6) is -1.53. The Hall–Kier alpha value is -2.63. The summed E-state index contributed by atoms with van der Waals surface area (Å²) in [6.45, 7) is 5.13. The summed E-state index contributed by atoms with van der Waals surface area (Å²) in [6.07, 6.45) is 1.75. The minimum Gasteiger partial charge on any atom is -0.460 e. The lowest BCUT2D eigenvalue weighted by Crippen LogP contribution is -2.36. The van der Waals surface area contributed by atoms with Gasteiger partial charge in [0.15, 0.2) is 0 Å². The lowest BCUT2D eigenvalue weighted by atomic mass is 10.2. The van der Waals surface area contributed by atoms with Gasteiger partial charge in [0.2, 0.25) is 0 Å². The molecule has 124 valence electrons. The highest BCUT2D eigenvalue weighted by Crippen LogP contribution is 1.99. The predicted molar refractivity (Wildman–Crippen MR) is 84.7 cm³/mol. The third-order valence-corrected chi connectivity index (χ3v) is 2.60. The van der Waals surface area contributed by atoms with Crippen LogP contribution in [0.1, 0.15) is 31.1 Å². The number of esters is 2. The highest BCUT2D eigenvalue weighted by Gasteiger charge is 2.11. The fraction of sp³-hybridized carbons (Fsp3) is 0.353. The van der Waals surface area contributed by atoms with Gasteiger partial charge in [-0.3, -0.25) is 4.79 Å². The number of hydrogen-bond acceptors (Lipinski definition) is 5. The van der Waals surface area contributed by atoms with E-state index < -0.39 is 11.9 Å². The van der Waals surface area contributed by atoms with E-state index in [1.54, 1.807) is 45.0 Å². The largest absolute Gasteiger partial charge is 0.460 e. The fourth-order valence-corrected chi connectivity index (χ4v) is 1.60. The summed E-state index contributed by atoms with van der Waals surface area (Å²) in [6, 6.07) is 8.37. The maximum atomic E-state index is 11.9. The molecule has 23 heavy (non-hydrogen) atoms. The van der Waals surface area contributed by atoms with Gasteiger partial charge in [-0.05, 0) is 32.9 Å². The van der Waals surface area contributed by atoms with E-state index in [1.807, 2.05) is 6.07 Å². The van der Waals surface area contributed by atoms with Crippen LogP contribution in [0, 0.1) is 0 Å². The lowest BCUT2D eigenvalue weighted by molar-refractivity contribution is -0.143. The predicted octanol–water partition coefficient (Wildman–Crippen LogP) is 1.86. The van der Waals surface area contributed by atoms with Crippen molar-refractivity contribution >= 4 is 17.8 Å². The third kappa shape index (κ3) is 7.80. The first-order valence-corrected chi connectivity index (χ1v) is 7.30. The van der Waals surface area contributed by atoms with E-state index in [4.69, 9.17) is 9.47 Å². The Kier molecular flexibility index (Phi) is 7.53. The standard InChI is InChI=1S/C17H21NO5/c1-12(2)23-16(20)10-9-15(19)22-11-13(3)18-17(21)14-7-5-4-6-8-14/h4-10,12-13H,11H2,1-3H3,(H,18,21)/b10-9+/t13-/m1/s1. The summed E-state index contributed by atoms with van der Waals surface area (Å²) in [4.78, 5) is 34.6. The molecule has 0 aliphatic carbocycles. The first kappa shape index (κ1) is 18.4. The fourth-order valence-electron chi connectivity index (χ4n) is 1.60. The van der Waals surface area contributed by atoms with Crippen LogP contribution in [-0.2, 0) is 19.1 Å². The number of benzene rings is 1. The van der Waals surface area contributed by atoms with E-state index in [2.05, 4.69) is 5.32 Å². The molecule has 1 aromatic rings. The van der Waals surface area contributed by atoms with E-state index >= 15 is 0 Å². The van der Waals surface area contributed by atoms with Crippen LogP contribution in [0.25, 0.3) is 0 Å². The van der Waals surface area contributed by atoms with Crippen LogP contribution in [0.3, 0.4) is 0 Å². The molecule has 0 unspecified atom stereocenters.